The van der Waals surface area contributed by atoms with Crippen LogP contribution < -0.4 is 5.32 Å². The van der Waals surface area contributed by atoms with E-state index >= 15 is 0 Å². The Morgan fingerprint density at radius 3 is 2.60 bits per heavy atom. The molecule has 2 aromatic rings. The van der Waals surface area contributed by atoms with E-state index in [1.165, 1.54) is 0 Å². The number of carbonyl (C=O) groups excluding carboxylic acids is 1. The van der Waals surface area contributed by atoms with E-state index in [4.69, 9.17) is 0 Å². The maximum atomic E-state index is 12.1. The molecule has 3 rings (SSSR count). The lowest BCUT2D eigenvalue weighted by atomic mass is 9.95. The Kier molecular flexibility index (Phi) is 3.59. The summed E-state index contributed by atoms with van der Waals surface area (Å²) >= 11 is 1.54. The van der Waals surface area contributed by atoms with E-state index in [0.29, 0.717) is 5.56 Å². The van der Waals surface area contributed by atoms with Crippen LogP contribution in [0.25, 0.3) is 0 Å². The fourth-order valence-electron chi connectivity index (χ4n) is 2.43. The summed E-state index contributed by atoms with van der Waals surface area (Å²) in [4.78, 5) is 13.0. The van der Waals surface area contributed by atoms with Crippen LogP contribution in [-0.2, 0) is 5.60 Å². The third kappa shape index (κ3) is 2.62. The maximum Gasteiger partial charge on any atom is 0.251 e. The second-order valence-electron chi connectivity index (χ2n) is 5.22. The van der Waals surface area contributed by atoms with Crippen molar-refractivity contribution < 1.29 is 9.90 Å². The molecule has 1 aromatic carbocycles. The molecule has 4 heteroatoms. The number of aliphatic hydroxyl groups is 1. The monoisotopic (exact) mass is 287 g/mol. The minimum atomic E-state index is -0.918. The van der Waals surface area contributed by atoms with Gasteiger partial charge in [-0.15, -0.1) is 11.3 Å². The van der Waals surface area contributed by atoms with Gasteiger partial charge in [-0.3, -0.25) is 4.79 Å². The zero-order valence-corrected chi connectivity index (χ0v) is 11.9. The smallest absolute Gasteiger partial charge is 0.251 e. The molecule has 3 nitrogen and oxygen atoms in total. The molecule has 1 fully saturated rings. The second-order valence-corrected chi connectivity index (χ2v) is 6.17. The number of carbonyl (C=O) groups is 1. The van der Waals surface area contributed by atoms with Crippen LogP contribution in [0.1, 0.15) is 28.1 Å². The van der Waals surface area contributed by atoms with Gasteiger partial charge < -0.3 is 10.4 Å². The van der Waals surface area contributed by atoms with Crippen molar-refractivity contribution in [2.24, 2.45) is 5.92 Å². The van der Waals surface area contributed by atoms with Crippen LogP contribution in [-0.4, -0.2) is 17.6 Å². The second kappa shape index (κ2) is 5.38. The number of rotatable bonds is 5. The van der Waals surface area contributed by atoms with Gasteiger partial charge in [0, 0.05) is 10.4 Å². The van der Waals surface area contributed by atoms with Crippen LogP contribution in [0.5, 0.6) is 0 Å². The zero-order chi connectivity index (χ0) is 14.0. The van der Waals surface area contributed by atoms with Crippen molar-refractivity contribution in [2.75, 3.05) is 6.54 Å². The average Bonchev–Trinajstić information content (AvgIpc) is 3.20. The van der Waals surface area contributed by atoms with Gasteiger partial charge in [0.1, 0.15) is 5.60 Å². The Morgan fingerprint density at radius 1 is 1.25 bits per heavy atom. The van der Waals surface area contributed by atoms with E-state index in [0.717, 1.165) is 17.7 Å². The lowest BCUT2D eigenvalue weighted by Crippen LogP contribution is -2.42. The summed E-state index contributed by atoms with van der Waals surface area (Å²) in [5, 5.41) is 15.7. The summed E-state index contributed by atoms with van der Waals surface area (Å²) in [5.41, 5.74) is -0.296. The number of benzene rings is 1. The molecule has 1 heterocycles. The summed E-state index contributed by atoms with van der Waals surface area (Å²) in [6.45, 7) is 0.270. The summed E-state index contributed by atoms with van der Waals surface area (Å²) in [7, 11) is 0. The van der Waals surface area contributed by atoms with Crippen LogP contribution in [0.2, 0.25) is 0 Å². The number of nitrogens with one attached hydrogen (secondary N) is 1. The molecule has 1 amide bonds. The molecular formula is C16H17NO2S. The van der Waals surface area contributed by atoms with Gasteiger partial charge in [0.25, 0.3) is 5.91 Å². The molecule has 0 bridgehead atoms. The molecule has 0 radical (unpaired) electrons. The Bertz CT molecular complexity index is 578. The van der Waals surface area contributed by atoms with Gasteiger partial charge in [-0.1, -0.05) is 24.3 Å². The molecular weight excluding hydrogens is 270 g/mol. The van der Waals surface area contributed by atoms with E-state index in [1.807, 2.05) is 35.7 Å². The average molecular weight is 287 g/mol. The highest BCUT2D eigenvalue weighted by molar-refractivity contribution is 7.10. The van der Waals surface area contributed by atoms with Crippen molar-refractivity contribution in [3.63, 3.8) is 0 Å². The fourth-order valence-corrected chi connectivity index (χ4v) is 3.33. The van der Waals surface area contributed by atoms with Crippen molar-refractivity contribution in [1.29, 1.82) is 0 Å². The predicted molar refractivity (Wildman–Crippen MR) is 79.7 cm³/mol. The van der Waals surface area contributed by atoms with Crippen LogP contribution in [0, 0.1) is 5.92 Å². The molecule has 0 unspecified atom stereocenters. The topological polar surface area (TPSA) is 49.3 Å². The van der Waals surface area contributed by atoms with Crippen LogP contribution in [0.15, 0.2) is 47.8 Å². The largest absolute Gasteiger partial charge is 0.382 e. The summed E-state index contributed by atoms with van der Waals surface area (Å²) in [6.07, 6.45) is 2.05. The molecule has 0 saturated heterocycles. The third-order valence-electron chi connectivity index (χ3n) is 3.76. The summed E-state index contributed by atoms with van der Waals surface area (Å²) in [5.74, 6) is 0.124. The molecule has 0 spiro atoms. The van der Waals surface area contributed by atoms with Crippen molar-refractivity contribution in [3.8, 4) is 0 Å². The lowest BCUT2D eigenvalue weighted by molar-refractivity contribution is 0.0169. The van der Waals surface area contributed by atoms with E-state index in [1.54, 1.807) is 23.5 Å². The molecule has 1 aliphatic carbocycles. The Morgan fingerprint density at radius 2 is 2.00 bits per heavy atom. The highest BCUT2D eigenvalue weighted by Crippen LogP contribution is 2.46. The normalized spacial score (nSPS) is 17.4. The van der Waals surface area contributed by atoms with Gasteiger partial charge >= 0.3 is 0 Å². The van der Waals surface area contributed by atoms with Crippen LogP contribution in [0.3, 0.4) is 0 Å². The van der Waals surface area contributed by atoms with Gasteiger partial charge in [-0.25, -0.2) is 0 Å². The first-order chi connectivity index (χ1) is 9.70. The minimum absolute atomic E-state index is 0.138. The van der Waals surface area contributed by atoms with Gasteiger partial charge in [-0.05, 0) is 42.3 Å². The van der Waals surface area contributed by atoms with Crippen molar-refractivity contribution in [3.05, 3.63) is 58.3 Å². The third-order valence-corrected chi connectivity index (χ3v) is 4.79. The maximum absolute atomic E-state index is 12.1. The van der Waals surface area contributed by atoms with Crippen molar-refractivity contribution in [1.82, 2.24) is 5.32 Å². The van der Waals surface area contributed by atoms with Gasteiger partial charge in [0.2, 0.25) is 0 Å². The predicted octanol–water partition coefficient (Wildman–Crippen LogP) is 2.78. The van der Waals surface area contributed by atoms with Gasteiger partial charge in [-0.2, -0.15) is 0 Å². The number of thiophene rings is 1. The standard InChI is InChI=1S/C16H17NO2S/c18-15(12-5-2-1-3-6-12)17-11-16(19,13-8-9-13)14-7-4-10-20-14/h1-7,10,13,19H,8-9,11H2,(H,17,18)/t16-/m0/s1. The van der Waals surface area contributed by atoms with E-state index in [9.17, 15) is 9.90 Å². The molecule has 1 aromatic heterocycles. The molecule has 1 saturated carbocycles. The molecule has 0 aliphatic heterocycles. The number of hydrogen-bond acceptors (Lipinski definition) is 3. The molecule has 20 heavy (non-hydrogen) atoms. The zero-order valence-electron chi connectivity index (χ0n) is 11.1. The Balaban J connectivity index is 1.71. The number of amides is 1. The fraction of sp³-hybridized carbons (Fsp3) is 0.312. The summed E-state index contributed by atoms with van der Waals surface area (Å²) < 4.78 is 0. The minimum Gasteiger partial charge on any atom is -0.382 e. The first-order valence-corrected chi connectivity index (χ1v) is 7.68. The lowest BCUT2D eigenvalue weighted by Gasteiger charge is -2.27. The van der Waals surface area contributed by atoms with E-state index in [-0.39, 0.29) is 18.4 Å². The molecule has 104 valence electrons. The van der Waals surface area contributed by atoms with Gasteiger partial charge in [0.05, 0.1) is 6.54 Å². The van der Waals surface area contributed by atoms with Crippen molar-refractivity contribution >= 4 is 17.2 Å². The van der Waals surface area contributed by atoms with Crippen LogP contribution in [0.4, 0.5) is 0 Å². The number of hydrogen-bond donors (Lipinski definition) is 2. The quantitative estimate of drug-likeness (QED) is 0.888. The molecule has 2 N–H and O–H groups in total. The Hall–Kier alpha value is -1.65. The molecule has 1 atom stereocenters. The van der Waals surface area contributed by atoms with E-state index in [2.05, 4.69) is 5.32 Å². The highest BCUT2D eigenvalue weighted by Gasteiger charge is 2.45. The summed E-state index contributed by atoms with van der Waals surface area (Å²) in [6, 6.07) is 13.0. The highest BCUT2D eigenvalue weighted by atomic mass is 32.1. The van der Waals surface area contributed by atoms with Crippen LogP contribution >= 0.6 is 11.3 Å². The Labute approximate surface area is 122 Å². The SMILES string of the molecule is O=C(NC[C@@](O)(c1cccs1)C1CC1)c1ccccc1. The first kappa shape index (κ1) is 13.3. The van der Waals surface area contributed by atoms with E-state index < -0.39 is 5.60 Å². The van der Waals surface area contributed by atoms with Gasteiger partial charge in [0.15, 0.2) is 0 Å². The van der Waals surface area contributed by atoms with Crippen molar-refractivity contribution in [2.45, 2.75) is 18.4 Å². The first-order valence-electron chi connectivity index (χ1n) is 6.80. The molecule has 1 aliphatic rings.